The average molecular weight is 320 g/mol. The summed E-state index contributed by atoms with van der Waals surface area (Å²) in [4.78, 5) is 44.9. The molecule has 1 fully saturated rings. The van der Waals surface area contributed by atoms with E-state index in [1.165, 1.54) is 23.5 Å². The minimum Gasteiger partial charge on any atom is -0.370 e. The Kier molecular flexibility index (Phi) is 5.58. The molecular weight excluding hydrogens is 300 g/mol. The van der Waals surface area contributed by atoms with Gasteiger partial charge in [0.1, 0.15) is 11.7 Å². The third kappa shape index (κ3) is 4.46. The lowest BCUT2D eigenvalue weighted by atomic mass is 9.96. The summed E-state index contributed by atoms with van der Waals surface area (Å²) in [5.74, 6) is -1.21. The molecule has 124 valence electrons. The molecule has 0 radical (unpaired) electrons. The van der Waals surface area contributed by atoms with Crippen molar-refractivity contribution in [2.75, 3.05) is 13.1 Å². The van der Waals surface area contributed by atoms with Crippen LogP contribution in [0.1, 0.15) is 29.8 Å². The number of nitrogens with two attached hydrogens (primary N) is 2. The molecule has 0 aromatic carbocycles. The molecule has 0 bridgehead atoms. The predicted octanol–water partition coefficient (Wildman–Crippen LogP) is -1.60. The number of amides is 3. The van der Waals surface area contributed by atoms with Crippen molar-refractivity contribution in [1.82, 2.24) is 20.2 Å². The van der Waals surface area contributed by atoms with Crippen LogP contribution in [0.2, 0.25) is 0 Å². The van der Waals surface area contributed by atoms with Gasteiger partial charge in [-0.05, 0) is 12.8 Å². The topological polar surface area (TPSA) is 144 Å². The molecule has 5 N–H and O–H groups in total. The number of primary amides is 1. The van der Waals surface area contributed by atoms with Gasteiger partial charge in [0, 0.05) is 37.9 Å². The summed E-state index contributed by atoms with van der Waals surface area (Å²) in [5, 5.41) is 2.62. The minimum atomic E-state index is -0.693. The maximum absolute atomic E-state index is 12.5. The fourth-order valence-corrected chi connectivity index (χ4v) is 2.47. The number of hydrogen-bond donors (Lipinski definition) is 3. The van der Waals surface area contributed by atoms with E-state index in [4.69, 9.17) is 11.5 Å². The van der Waals surface area contributed by atoms with E-state index >= 15 is 0 Å². The van der Waals surface area contributed by atoms with Crippen LogP contribution >= 0.6 is 0 Å². The van der Waals surface area contributed by atoms with Crippen LogP contribution in [-0.4, -0.2) is 57.8 Å². The van der Waals surface area contributed by atoms with Gasteiger partial charge in [-0.15, -0.1) is 0 Å². The summed E-state index contributed by atoms with van der Waals surface area (Å²) < 4.78 is 0. The Labute approximate surface area is 133 Å². The first kappa shape index (κ1) is 16.8. The lowest BCUT2D eigenvalue weighted by molar-refractivity contribution is -0.127. The Balaban J connectivity index is 2.08. The second-order valence-electron chi connectivity index (χ2n) is 5.40. The Morgan fingerprint density at radius 1 is 1.35 bits per heavy atom. The highest BCUT2D eigenvalue weighted by molar-refractivity contribution is 5.96. The van der Waals surface area contributed by atoms with E-state index in [0.717, 1.165) is 0 Å². The number of nitrogens with zero attached hydrogens (tertiary/aromatic N) is 3. The number of hydrogen-bond acceptors (Lipinski definition) is 6. The number of carbonyl (C=O) groups is 3. The van der Waals surface area contributed by atoms with Gasteiger partial charge in [0.15, 0.2) is 0 Å². The Hall–Kier alpha value is -2.55. The van der Waals surface area contributed by atoms with Crippen LogP contribution in [0.25, 0.3) is 0 Å². The van der Waals surface area contributed by atoms with Crippen molar-refractivity contribution < 1.29 is 14.4 Å². The molecule has 2 heterocycles. The van der Waals surface area contributed by atoms with Crippen LogP contribution < -0.4 is 16.8 Å². The van der Waals surface area contributed by atoms with E-state index in [1.807, 2.05) is 0 Å². The third-order valence-electron chi connectivity index (χ3n) is 3.66. The molecule has 0 saturated carbocycles. The first-order valence-corrected chi connectivity index (χ1v) is 7.37. The first-order valence-electron chi connectivity index (χ1n) is 7.37. The third-order valence-corrected chi connectivity index (χ3v) is 3.66. The summed E-state index contributed by atoms with van der Waals surface area (Å²) in [6.07, 6.45) is 5.26. The van der Waals surface area contributed by atoms with Crippen molar-refractivity contribution in [3.05, 3.63) is 24.3 Å². The maximum atomic E-state index is 12.5. The number of aromatic nitrogens is 2. The monoisotopic (exact) mass is 320 g/mol. The highest BCUT2D eigenvalue weighted by atomic mass is 16.2. The van der Waals surface area contributed by atoms with Crippen molar-refractivity contribution in [3.63, 3.8) is 0 Å². The second kappa shape index (κ2) is 7.63. The lowest BCUT2D eigenvalue weighted by Gasteiger charge is -2.37. The number of piperidine rings is 1. The van der Waals surface area contributed by atoms with Crippen LogP contribution in [0.5, 0.6) is 0 Å². The molecule has 1 saturated heterocycles. The number of rotatable bonds is 5. The first-order chi connectivity index (χ1) is 11.0. The van der Waals surface area contributed by atoms with Gasteiger partial charge in [-0.1, -0.05) is 0 Å². The zero-order chi connectivity index (χ0) is 16.8. The highest BCUT2D eigenvalue weighted by Crippen LogP contribution is 2.18. The molecule has 3 amide bonds. The normalized spacial score (nSPS) is 20.8. The van der Waals surface area contributed by atoms with Gasteiger partial charge in [0.05, 0.1) is 6.20 Å². The molecule has 2 rings (SSSR count). The zero-order valence-electron chi connectivity index (χ0n) is 12.6. The molecule has 9 nitrogen and oxygen atoms in total. The van der Waals surface area contributed by atoms with Gasteiger partial charge in [-0.2, -0.15) is 0 Å². The number of nitrogens with one attached hydrogen (secondary N) is 1. The van der Waals surface area contributed by atoms with Crippen LogP contribution in [0.15, 0.2) is 18.6 Å². The second-order valence-corrected chi connectivity index (χ2v) is 5.40. The minimum absolute atomic E-state index is 0.0443. The van der Waals surface area contributed by atoms with Crippen molar-refractivity contribution in [3.8, 4) is 0 Å². The number of carbonyl (C=O) groups excluding carboxylic acids is 3. The predicted molar refractivity (Wildman–Crippen MR) is 80.9 cm³/mol. The summed E-state index contributed by atoms with van der Waals surface area (Å²) >= 11 is 0. The van der Waals surface area contributed by atoms with Gasteiger partial charge in [-0.3, -0.25) is 19.4 Å². The molecule has 23 heavy (non-hydrogen) atoms. The van der Waals surface area contributed by atoms with Crippen molar-refractivity contribution in [1.29, 1.82) is 0 Å². The Morgan fingerprint density at radius 3 is 2.78 bits per heavy atom. The van der Waals surface area contributed by atoms with Gasteiger partial charge in [0.25, 0.3) is 5.91 Å². The van der Waals surface area contributed by atoms with Crippen molar-refractivity contribution in [2.45, 2.75) is 31.3 Å². The smallest absolute Gasteiger partial charge is 0.274 e. The lowest BCUT2D eigenvalue weighted by Crippen LogP contribution is -2.56. The highest BCUT2D eigenvalue weighted by Gasteiger charge is 2.35. The average Bonchev–Trinajstić information content (AvgIpc) is 2.54. The SMILES string of the molecule is NC(=O)CCNC(=O)[C@@H]1C[C@@H](N)CCN1C(=O)c1cnccn1. The standard InChI is InChI=1S/C14H20N6O3/c15-9-2-6-20(14(23)10-8-17-4-5-18-10)11(7-9)13(22)19-3-1-12(16)21/h4-5,8-9,11H,1-3,6-7,15H2,(H2,16,21)(H,19,22)/t9-,11-/m0/s1. The van der Waals surface area contributed by atoms with Crippen molar-refractivity contribution in [2.24, 2.45) is 11.5 Å². The fourth-order valence-electron chi connectivity index (χ4n) is 2.47. The van der Waals surface area contributed by atoms with Gasteiger partial charge in [-0.25, -0.2) is 4.98 Å². The van der Waals surface area contributed by atoms with Crippen LogP contribution in [0.4, 0.5) is 0 Å². The molecule has 0 spiro atoms. The Bertz CT molecular complexity index is 579. The zero-order valence-corrected chi connectivity index (χ0v) is 12.6. The van der Waals surface area contributed by atoms with Gasteiger partial charge >= 0.3 is 0 Å². The summed E-state index contributed by atoms with van der Waals surface area (Å²) in [5.41, 5.74) is 11.1. The molecule has 1 aromatic heterocycles. The van der Waals surface area contributed by atoms with E-state index in [2.05, 4.69) is 15.3 Å². The van der Waals surface area contributed by atoms with Crippen LogP contribution in [0.3, 0.4) is 0 Å². The van der Waals surface area contributed by atoms with Crippen molar-refractivity contribution >= 4 is 17.7 Å². The van der Waals surface area contributed by atoms with E-state index in [1.54, 1.807) is 0 Å². The fraction of sp³-hybridized carbons (Fsp3) is 0.500. The summed E-state index contributed by atoms with van der Waals surface area (Å²) in [6.45, 7) is 0.498. The summed E-state index contributed by atoms with van der Waals surface area (Å²) in [7, 11) is 0. The van der Waals surface area contributed by atoms with Gasteiger partial charge in [0.2, 0.25) is 11.8 Å². The molecule has 0 unspecified atom stereocenters. The van der Waals surface area contributed by atoms with Crippen LogP contribution in [-0.2, 0) is 9.59 Å². The molecule has 9 heteroatoms. The van der Waals surface area contributed by atoms with E-state index in [-0.39, 0.29) is 36.5 Å². The molecular formula is C14H20N6O3. The maximum Gasteiger partial charge on any atom is 0.274 e. The van der Waals surface area contributed by atoms with E-state index in [0.29, 0.717) is 19.4 Å². The molecule has 1 aliphatic rings. The quantitative estimate of drug-likeness (QED) is 0.596. The van der Waals surface area contributed by atoms with E-state index in [9.17, 15) is 14.4 Å². The molecule has 1 aliphatic heterocycles. The Morgan fingerprint density at radius 2 is 2.13 bits per heavy atom. The summed E-state index contributed by atoms with van der Waals surface area (Å²) in [6, 6.07) is -0.853. The molecule has 2 atom stereocenters. The van der Waals surface area contributed by atoms with E-state index < -0.39 is 11.9 Å². The van der Waals surface area contributed by atoms with Gasteiger partial charge < -0.3 is 21.7 Å². The largest absolute Gasteiger partial charge is 0.370 e. The molecule has 1 aromatic rings. The van der Waals surface area contributed by atoms with Crippen LogP contribution in [0, 0.1) is 0 Å². The molecule has 0 aliphatic carbocycles. The number of likely N-dealkylation sites (tertiary alicyclic amines) is 1.